The van der Waals surface area contributed by atoms with E-state index in [1.54, 1.807) is 23.1 Å². The third-order valence-corrected chi connectivity index (χ3v) is 4.69. The Labute approximate surface area is 154 Å². The van der Waals surface area contributed by atoms with Gasteiger partial charge in [-0.2, -0.15) is 0 Å². The van der Waals surface area contributed by atoms with E-state index in [0.717, 1.165) is 11.3 Å². The Morgan fingerprint density at radius 3 is 2.69 bits per heavy atom. The topological polar surface area (TPSA) is 58.6 Å². The van der Waals surface area contributed by atoms with Crippen molar-refractivity contribution in [2.24, 2.45) is 0 Å². The number of para-hydroxylation sites is 1. The quantitative estimate of drug-likeness (QED) is 0.899. The summed E-state index contributed by atoms with van der Waals surface area (Å²) in [4.78, 5) is 26.8. The molecular formula is C21H24N2O3. The molecule has 1 aliphatic rings. The van der Waals surface area contributed by atoms with Crippen LogP contribution in [0.1, 0.15) is 34.8 Å². The Hall–Kier alpha value is -2.82. The number of hydrogen-bond donors (Lipinski definition) is 1. The lowest BCUT2D eigenvalue weighted by molar-refractivity contribution is -0.117. The molecule has 2 aromatic rings. The number of rotatable bonds is 5. The minimum Gasteiger partial charge on any atom is -0.493 e. The molecule has 0 bridgehead atoms. The van der Waals surface area contributed by atoms with E-state index in [2.05, 4.69) is 5.32 Å². The Morgan fingerprint density at radius 1 is 1.19 bits per heavy atom. The first kappa shape index (κ1) is 18.0. The van der Waals surface area contributed by atoms with Crippen LogP contribution in [0.15, 0.2) is 42.5 Å². The number of nitrogens with zero attached hydrogens (tertiary/aromatic N) is 1. The fourth-order valence-corrected chi connectivity index (χ4v) is 3.15. The van der Waals surface area contributed by atoms with E-state index in [4.69, 9.17) is 4.74 Å². The number of carbonyl (C=O) groups is 2. The summed E-state index contributed by atoms with van der Waals surface area (Å²) in [6.45, 7) is 6.93. The molecule has 1 atom stereocenters. The second-order valence-electron chi connectivity index (χ2n) is 6.58. The lowest BCUT2D eigenvalue weighted by Crippen LogP contribution is -2.37. The second-order valence-corrected chi connectivity index (χ2v) is 6.58. The van der Waals surface area contributed by atoms with Gasteiger partial charge in [-0.15, -0.1) is 0 Å². The standard InChI is InChI=1S/C21H24N2O3/c1-4-26-19-8-6-5-7-18(19)21(25)22-16-12-20(24)23(13-16)17-10-9-14(2)15(3)11-17/h5-11,16H,4,12-13H2,1-3H3,(H,22,25)/t16-/m1/s1. The monoisotopic (exact) mass is 352 g/mol. The maximum atomic E-state index is 12.6. The van der Waals surface area contributed by atoms with E-state index in [1.165, 1.54) is 5.56 Å². The smallest absolute Gasteiger partial charge is 0.255 e. The molecule has 0 radical (unpaired) electrons. The van der Waals surface area contributed by atoms with Crippen LogP contribution in [0.2, 0.25) is 0 Å². The summed E-state index contributed by atoms with van der Waals surface area (Å²) in [5.41, 5.74) is 3.71. The average Bonchev–Trinajstić information content (AvgIpc) is 2.98. The predicted octanol–water partition coefficient (Wildman–Crippen LogP) is 3.24. The van der Waals surface area contributed by atoms with Crippen molar-refractivity contribution >= 4 is 17.5 Å². The van der Waals surface area contributed by atoms with E-state index < -0.39 is 0 Å². The highest BCUT2D eigenvalue weighted by Crippen LogP contribution is 2.25. The van der Waals surface area contributed by atoms with Crippen molar-refractivity contribution in [3.63, 3.8) is 0 Å². The zero-order valence-corrected chi connectivity index (χ0v) is 15.4. The third-order valence-electron chi connectivity index (χ3n) is 4.69. The van der Waals surface area contributed by atoms with Gasteiger partial charge in [0.15, 0.2) is 0 Å². The molecule has 5 heteroatoms. The summed E-state index contributed by atoms with van der Waals surface area (Å²) in [5, 5.41) is 2.97. The van der Waals surface area contributed by atoms with Gasteiger partial charge in [0, 0.05) is 18.7 Å². The van der Waals surface area contributed by atoms with Crippen molar-refractivity contribution in [3.05, 3.63) is 59.2 Å². The number of anilines is 1. The highest BCUT2D eigenvalue weighted by Gasteiger charge is 2.32. The lowest BCUT2D eigenvalue weighted by Gasteiger charge is -2.19. The highest BCUT2D eigenvalue weighted by molar-refractivity contribution is 6.00. The molecule has 1 aliphatic heterocycles. The van der Waals surface area contributed by atoms with Crippen molar-refractivity contribution in [2.45, 2.75) is 33.2 Å². The van der Waals surface area contributed by atoms with Gasteiger partial charge in [-0.05, 0) is 56.2 Å². The SMILES string of the molecule is CCOc1ccccc1C(=O)N[C@@H]1CC(=O)N(c2ccc(C)c(C)c2)C1. The van der Waals surface area contributed by atoms with Crippen LogP contribution in [0.4, 0.5) is 5.69 Å². The average molecular weight is 352 g/mol. The minimum atomic E-state index is -0.216. The first-order valence-corrected chi connectivity index (χ1v) is 8.90. The molecule has 0 saturated carbocycles. The number of amides is 2. The van der Waals surface area contributed by atoms with Gasteiger partial charge in [-0.25, -0.2) is 0 Å². The summed E-state index contributed by atoms with van der Waals surface area (Å²) in [5.74, 6) is 0.369. The summed E-state index contributed by atoms with van der Waals surface area (Å²) < 4.78 is 5.52. The number of hydrogen-bond acceptors (Lipinski definition) is 3. The third kappa shape index (κ3) is 3.72. The van der Waals surface area contributed by atoms with Crippen molar-refractivity contribution in [1.82, 2.24) is 5.32 Å². The van der Waals surface area contributed by atoms with E-state index in [-0.39, 0.29) is 17.9 Å². The van der Waals surface area contributed by atoms with E-state index in [9.17, 15) is 9.59 Å². The maximum Gasteiger partial charge on any atom is 0.255 e. The molecule has 0 aromatic heterocycles. The highest BCUT2D eigenvalue weighted by atomic mass is 16.5. The molecule has 26 heavy (non-hydrogen) atoms. The van der Waals surface area contributed by atoms with Gasteiger partial charge in [0.1, 0.15) is 5.75 Å². The van der Waals surface area contributed by atoms with Crippen LogP contribution >= 0.6 is 0 Å². The van der Waals surface area contributed by atoms with Gasteiger partial charge >= 0.3 is 0 Å². The largest absolute Gasteiger partial charge is 0.493 e. The second kappa shape index (κ2) is 7.60. The molecule has 1 N–H and O–H groups in total. The number of benzene rings is 2. The minimum absolute atomic E-state index is 0.0247. The predicted molar refractivity (Wildman–Crippen MR) is 102 cm³/mol. The zero-order chi connectivity index (χ0) is 18.7. The van der Waals surface area contributed by atoms with Crippen molar-refractivity contribution in [3.8, 4) is 5.75 Å². The lowest BCUT2D eigenvalue weighted by atomic mass is 10.1. The summed E-state index contributed by atoms with van der Waals surface area (Å²) in [6.07, 6.45) is 0.301. The fraction of sp³-hybridized carbons (Fsp3) is 0.333. The van der Waals surface area contributed by atoms with Crippen LogP contribution in [0.3, 0.4) is 0 Å². The molecule has 0 spiro atoms. The number of ether oxygens (including phenoxy) is 1. The van der Waals surface area contributed by atoms with Gasteiger partial charge in [0.25, 0.3) is 5.91 Å². The molecule has 2 aromatic carbocycles. The first-order chi connectivity index (χ1) is 12.5. The van der Waals surface area contributed by atoms with Gasteiger partial charge in [-0.1, -0.05) is 18.2 Å². The maximum absolute atomic E-state index is 12.6. The van der Waals surface area contributed by atoms with Gasteiger partial charge in [-0.3, -0.25) is 9.59 Å². The Morgan fingerprint density at radius 2 is 1.96 bits per heavy atom. The molecule has 1 heterocycles. The van der Waals surface area contributed by atoms with E-state index in [1.807, 2.05) is 45.0 Å². The normalized spacial score (nSPS) is 16.7. The van der Waals surface area contributed by atoms with Crippen molar-refractivity contribution < 1.29 is 14.3 Å². The summed E-state index contributed by atoms with van der Waals surface area (Å²) in [7, 11) is 0. The molecule has 1 saturated heterocycles. The number of nitrogens with one attached hydrogen (secondary N) is 1. The van der Waals surface area contributed by atoms with Crippen LogP contribution in [0.25, 0.3) is 0 Å². The molecule has 1 fully saturated rings. The Bertz CT molecular complexity index is 832. The fourth-order valence-electron chi connectivity index (χ4n) is 3.15. The van der Waals surface area contributed by atoms with Crippen molar-refractivity contribution in [1.29, 1.82) is 0 Å². The van der Waals surface area contributed by atoms with E-state index >= 15 is 0 Å². The molecule has 3 rings (SSSR count). The van der Waals surface area contributed by atoms with Crippen LogP contribution in [-0.2, 0) is 4.79 Å². The molecule has 136 valence electrons. The summed E-state index contributed by atoms with van der Waals surface area (Å²) in [6, 6.07) is 12.9. The van der Waals surface area contributed by atoms with Crippen LogP contribution < -0.4 is 15.0 Å². The number of carbonyl (C=O) groups excluding carboxylic acids is 2. The Kier molecular flexibility index (Phi) is 5.26. The van der Waals surface area contributed by atoms with Gasteiger partial charge in [0.05, 0.1) is 18.2 Å². The van der Waals surface area contributed by atoms with Crippen molar-refractivity contribution in [2.75, 3.05) is 18.1 Å². The van der Waals surface area contributed by atoms with Crippen LogP contribution in [0, 0.1) is 13.8 Å². The molecular weight excluding hydrogens is 328 g/mol. The van der Waals surface area contributed by atoms with E-state index in [0.29, 0.717) is 30.9 Å². The molecule has 2 amide bonds. The van der Waals surface area contributed by atoms with Crippen LogP contribution in [-0.4, -0.2) is 31.0 Å². The molecule has 0 aliphatic carbocycles. The zero-order valence-electron chi connectivity index (χ0n) is 15.4. The Balaban J connectivity index is 1.71. The molecule has 5 nitrogen and oxygen atoms in total. The van der Waals surface area contributed by atoms with Crippen LogP contribution in [0.5, 0.6) is 5.75 Å². The van der Waals surface area contributed by atoms with Gasteiger partial charge < -0.3 is 15.0 Å². The van der Waals surface area contributed by atoms with Gasteiger partial charge in [0.2, 0.25) is 5.91 Å². The summed E-state index contributed by atoms with van der Waals surface area (Å²) >= 11 is 0. The first-order valence-electron chi connectivity index (χ1n) is 8.90. The molecule has 0 unspecified atom stereocenters. The number of aryl methyl sites for hydroxylation is 2.